The fourth-order valence-electron chi connectivity index (χ4n) is 3.36. The summed E-state index contributed by atoms with van der Waals surface area (Å²) in [5.74, 6) is 1.57. The van der Waals surface area contributed by atoms with Gasteiger partial charge in [-0.3, -0.25) is 4.79 Å². The molecule has 3 aromatic rings. The third kappa shape index (κ3) is 3.44. The normalized spacial score (nSPS) is 14.1. The lowest BCUT2D eigenvalue weighted by atomic mass is 10.1. The summed E-state index contributed by atoms with van der Waals surface area (Å²) in [6, 6.07) is 19.8. The fourth-order valence-corrected chi connectivity index (χ4v) is 3.36. The molecule has 1 heterocycles. The molecule has 0 saturated carbocycles. The van der Waals surface area contributed by atoms with Crippen LogP contribution in [0.2, 0.25) is 0 Å². The van der Waals surface area contributed by atoms with Gasteiger partial charge in [-0.2, -0.15) is 0 Å². The van der Waals surface area contributed by atoms with Crippen LogP contribution in [0.4, 0.5) is 0 Å². The number of hydrogen-bond acceptors (Lipinski definition) is 3. The Morgan fingerprint density at radius 2 is 1.79 bits per heavy atom. The Balaban J connectivity index is 1.59. The van der Waals surface area contributed by atoms with Gasteiger partial charge < -0.3 is 9.47 Å². The molecule has 0 aliphatic carbocycles. The molecule has 0 unspecified atom stereocenters. The number of ketones is 1. The van der Waals surface area contributed by atoms with Crippen LogP contribution in [0, 0.1) is 20.8 Å². The number of allylic oxidation sites excluding steroid dienone is 1. The molecule has 0 spiro atoms. The smallest absolute Gasteiger partial charge is 0.231 e. The maximum atomic E-state index is 12.7. The lowest BCUT2D eigenvalue weighted by molar-refractivity contribution is 0.101. The van der Waals surface area contributed by atoms with E-state index < -0.39 is 0 Å². The highest BCUT2D eigenvalue weighted by molar-refractivity contribution is 6.14. The van der Waals surface area contributed by atoms with Crippen molar-refractivity contribution < 1.29 is 14.3 Å². The second-order valence-electron chi connectivity index (χ2n) is 7.13. The number of benzene rings is 3. The maximum Gasteiger partial charge on any atom is 0.231 e. The molecular formula is C25H22O3. The van der Waals surface area contributed by atoms with Gasteiger partial charge in [0, 0.05) is 5.56 Å². The van der Waals surface area contributed by atoms with E-state index in [1.165, 1.54) is 5.56 Å². The highest BCUT2D eigenvalue weighted by Crippen LogP contribution is 2.39. The summed E-state index contributed by atoms with van der Waals surface area (Å²) in [5.41, 5.74) is 5.84. The van der Waals surface area contributed by atoms with Gasteiger partial charge in [0.15, 0.2) is 5.76 Å². The van der Waals surface area contributed by atoms with E-state index in [2.05, 4.69) is 19.1 Å². The molecule has 0 saturated heterocycles. The van der Waals surface area contributed by atoms with Crippen molar-refractivity contribution in [3.05, 3.63) is 99.8 Å². The fraction of sp³-hybridized carbons (Fsp3) is 0.160. The zero-order valence-electron chi connectivity index (χ0n) is 16.3. The van der Waals surface area contributed by atoms with Crippen LogP contribution in [0.25, 0.3) is 6.08 Å². The Labute approximate surface area is 165 Å². The van der Waals surface area contributed by atoms with Crippen molar-refractivity contribution in [1.29, 1.82) is 0 Å². The predicted octanol–water partition coefficient (Wildman–Crippen LogP) is 5.81. The third-order valence-electron chi connectivity index (χ3n) is 5.02. The van der Waals surface area contributed by atoms with Gasteiger partial charge in [0.2, 0.25) is 5.78 Å². The van der Waals surface area contributed by atoms with E-state index in [1.54, 1.807) is 12.1 Å². The largest absolute Gasteiger partial charge is 0.488 e. The highest BCUT2D eigenvalue weighted by atomic mass is 16.5. The second kappa shape index (κ2) is 7.35. The van der Waals surface area contributed by atoms with Gasteiger partial charge in [-0.15, -0.1) is 0 Å². The SMILES string of the molecule is Cc1cccc(/C=C2\Oc3c(ccc(OCc4ccccc4C)c3C)C2=O)c1. The Hall–Kier alpha value is -3.33. The van der Waals surface area contributed by atoms with Crippen LogP contribution in [0.5, 0.6) is 11.5 Å². The minimum Gasteiger partial charge on any atom is -0.488 e. The van der Waals surface area contributed by atoms with E-state index >= 15 is 0 Å². The molecule has 0 fully saturated rings. The minimum absolute atomic E-state index is 0.0925. The van der Waals surface area contributed by atoms with Crippen molar-refractivity contribution in [1.82, 2.24) is 0 Å². The minimum atomic E-state index is -0.0925. The monoisotopic (exact) mass is 370 g/mol. The van der Waals surface area contributed by atoms with Gasteiger partial charge in [0.1, 0.15) is 18.1 Å². The molecule has 4 rings (SSSR count). The summed E-state index contributed by atoms with van der Waals surface area (Å²) in [6.45, 7) is 6.50. The number of ether oxygens (including phenoxy) is 2. The molecule has 28 heavy (non-hydrogen) atoms. The van der Waals surface area contributed by atoms with Gasteiger partial charge in [0.05, 0.1) is 5.56 Å². The molecule has 3 nitrogen and oxygen atoms in total. The van der Waals surface area contributed by atoms with Crippen molar-refractivity contribution in [2.24, 2.45) is 0 Å². The summed E-state index contributed by atoms with van der Waals surface area (Å²) in [4.78, 5) is 12.7. The number of carbonyl (C=O) groups excluding carboxylic acids is 1. The van der Waals surface area contributed by atoms with E-state index in [1.807, 2.05) is 56.3 Å². The van der Waals surface area contributed by atoms with Crippen molar-refractivity contribution in [3.8, 4) is 11.5 Å². The van der Waals surface area contributed by atoms with Crippen LogP contribution < -0.4 is 9.47 Å². The van der Waals surface area contributed by atoms with Crippen molar-refractivity contribution >= 4 is 11.9 Å². The first-order chi connectivity index (χ1) is 13.5. The Morgan fingerprint density at radius 1 is 0.964 bits per heavy atom. The first-order valence-corrected chi connectivity index (χ1v) is 9.35. The zero-order valence-corrected chi connectivity index (χ0v) is 16.3. The van der Waals surface area contributed by atoms with Gasteiger partial charge in [-0.25, -0.2) is 0 Å². The molecule has 1 aliphatic rings. The Morgan fingerprint density at radius 3 is 2.57 bits per heavy atom. The summed E-state index contributed by atoms with van der Waals surface area (Å²) in [6.07, 6.45) is 1.79. The van der Waals surface area contributed by atoms with Gasteiger partial charge in [-0.05, 0) is 55.7 Å². The van der Waals surface area contributed by atoms with E-state index in [0.29, 0.717) is 23.7 Å². The number of Topliss-reactive ketones (excluding diaryl/α,β-unsaturated/α-hetero) is 1. The number of carbonyl (C=O) groups is 1. The quantitative estimate of drug-likeness (QED) is 0.544. The van der Waals surface area contributed by atoms with Gasteiger partial charge >= 0.3 is 0 Å². The van der Waals surface area contributed by atoms with Crippen LogP contribution in [0.1, 0.15) is 38.2 Å². The van der Waals surface area contributed by atoms with Crippen LogP contribution in [-0.4, -0.2) is 5.78 Å². The van der Waals surface area contributed by atoms with Crippen LogP contribution in [0.3, 0.4) is 0 Å². The third-order valence-corrected chi connectivity index (χ3v) is 5.02. The molecule has 0 N–H and O–H groups in total. The van der Waals surface area contributed by atoms with Crippen LogP contribution in [-0.2, 0) is 6.61 Å². The Bertz CT molecular complexity index is 1090. The standard InChI is InChI=1S/C25H22O3/c1-16-7-6-9-19(13-16)14-23-24(26)21-11-12-22(18(3)25(21)28-23)27-15-20-10-5-4-8-17(20)2/h4-14H,15H2,1-3H3/b23-14-. The summed E-state index contributed by atoms with van der Waals surface area (Å²) >= 11 is 0. The second-order valence-corrected chi connectivity index (χ2v) is 7.13. The van der Waals surface area contributed by atoms with Gasteiger partial charge in [-0.1, -0.05) is 54.1 Å². The van der Waals surface area contributed by atoms with E-state index in [4.69, 9.17) is 9.47 Å². The summed E-state index contributed by atoms with van der Waals surface area (Å²) < 4.78 is 12.0. The molecule has 1 aliphatic heterocycles. The molecule has 0 bridgehead atoms. The first-order valence-electron chi connectivity index (χ1n) is 9.35. The Kier molecular flexibility index (Phi) is 4.74. The molecular weight excluding hydrogens is 348 g/mol. The molecule has 0 aromatic heterocycles. The summed E-state index contributed by atoms with van der Waals surface area (Å²) in [5, 5.41) is 0. The molecule has 0 atom stereocenters. The van der Waals surface area contributed by atoms with Crippen LogP contribution >= 0.6 is 0 Å². The highest BCUT2D eigenvalue weighted by Gasteiger charge is 2.30. The van der Waals surface area contributed by atoms with Crippen molar-refractivity contribution in [2.75, 3.05) is 0 Å². The van der Waals surface area contributed by atoms with Crippen LogP contribution in [0.15, 0.2) is 66.4 Å². The number of rotatable bonds is 4. The topological polar surface area (TPSA) is 35.5 Å². The van der Waals surface area contributed by atoms with Crippen molar-refractivity contribution in [2.45, 2.75) is 27.4 Å². The van der Waals surface area contributed by atoms with E-state index in [-0.39, 0.29) is 5.78 Å². The number of aryl methyl sites for hydroxylation is 2. The maximum absolute atomic E-state index is 12.7. The van der Waals surface area contributed by atoms with Crippen molar-refractivity contribution in [3.63, 3.8) is 0 Å². The van der Waals surface area contributed by atoms with E-state index in [0.717, 1.165) is 28.0 Å². The predicted molar refractivity (Wildman–Crippen MR) is 111 cm³/mol. The first kappa shape index (κ1) is 18.1. The van der Waals surface area contributed by atoms with Gasteiger partial charge in [0.25, 0.3) is 0 Å². The average molecular weight is 370 g/mol. The molecule has 0 amide bonds. The molecule has 140 valence electrons. The lowest BCUT2D eigenvalue weighted by Crippen LogP contribution is -2.00. The average Bonchev–Trinajstić information content (AvgIpc) is 2.99. The molecule has 0 radical (unpaired) electrons. The molecule has 3 aromatic carbocycles. The number of fused-ring (bicyclic) bond motifs is 1. The number of hydrogen-bond donors (Lipinski definition) is 0. The summed E-state index contributed by atoms with van der Waals surface area (Å²) in [7, 11) is 0. The molecule has 3 heteroatoms. The van der Waals surface area contributed by atoms with E-state index in [9.17, 15) is 4.79 Å². The lowest BCUT2D eigenvalue weighted by Gasteiger charge is -2.12. The zero-order chi connectivity index (χ0) is 19.7.